The molecule has 0 saturated heterocycles. The quantitative estimate of drug-likeness (QED) is 0.387. The van der Waals surface area contributed by atoms with Gasteiger partial charge in [0.25, 0.3) is 0 Å². The highest BCUT2D eigenvalue weighted by molar-refractivity contribution is 8.68. The summed E-state index contributed by atoms with van der Waals surface area (Å²) >= 11 is 4.10. The number of hydrogen-bond acceptors (Lipinski definition) is 2. The molecule has 0 atom stereocenters. The van der Waals surface area contributed by atoms with Crippen LogP contribution in [-0.4, -0.2) is 5.75 Å². The van der Waals surface area contributed by atoms with Crippen LogP contribution in [0, 0.1) is 5.41 Å². The van der Waals surface area contributed by atoms with E-state index in [-0.39, 0.29) is 0 Å². The zero-order valence-corrected chi connectivity index (χ0v) is 9.60. The Bertz CT molecular complexity index is 84.1. The van der Waals surface area contributed by atoms with Crippen LogP contribution < -0.4 is 0 Å². The van der Waals surface area contributed by atoms with E-state index in [1.807, 2.05) is 0 Å². The summed E-state index contributed by atoms with van der Waals surface area (Å²) in [5.74, 6) is 1.20. The molecule has 0 aromatic rings. The molecule has 0 saturated carbocycles. The van der Waals surface area contributed by atoms with Crippen molar-refractivity contribution in [1.29, 1.82) is 0 Å². The summed E-state index contributed by atoms with van der Waals surface area (Å²) in [6, 6.07) is 0. The van der Waals surface area contributed by atoms with Crippen LogP contribution >= 0.6 is 22.5 Å². The molecular weight excluding hydrogens is 172 g/mol. The lowest BCUT2D eigenvalue weighted by Crippen LogP contribution is -2.03. The first-order chi connectivity index (χ1) is 5.06. The topological polar surface area (TPSA) is 0 Å². The molecule has 0 bridgehead atoms. The molecule has 0 spiro atoms. The molecule has 68 valence electrons. The van der Waals surface area contributed by atoms with Crippen molar-refractivity contribution in [3.8, 4) is 0 Å². The lowest BCUT2D eigenvalue weighted by Gasteiger charge is -2.17. The summed E-state index contributed by atoms with van der Waals surface area (Å²) in [5.41, 5.74) is 0.522. The molecule has 0 aromatic carbocycles. The zero-order valence-electron chi connectivity index (χ0n) is 7.89. The van der Waals surface area contributed by atoms with E-state index in [0.29, 0.717) is 5.41 Å². The van der Waals surface area contributed by atoms with Crippen molar-refractivity contribution < 1.29 is 0 Å². The third-order valence-electron chi connectivity index (χ3n) is 1.66. The summed E-state index contributed by atoms with van der Waals surface area (Å²) in [6.07, 6.45) is 5.41. The SMILES string of the molecule is CC(C)(C)CCCCCSS. The Morgan fingerprint density at radius 1 is 1.09 bits per heavy atom. The maximum absolute atomic E-state index is 4.10. The minimum Gasteiger partial charge on any atom is -0.111 e. The van der Waals surface area contributed by atoms with Crippen LogP contribution in [0.15, 0.2) is 0 Å². The molecule has 0 aromatic heterocycles. The fourth-order valence-corrected chi connectivity index (χ4v) is 1.72. The maximum Gasteiger partial charge on any atom is 0.00345 e. The van der Waals surface area contributed by atoms with Gasteiger partial charge in [0, 0.05) is 5.75 Å². The van der Waals surface area contributed by atoms with E-state index < -0.39 is 0 Å². The predicted molar refractivity (Wildman–Crippen MR) is 59.4 cm³/mol. The molecule has 0 N–H and O–H groups in total. The van der Waals surface area contributed by atoms with Gasteiger partial charge in [-0.2, -0.15) is 0 Å². The standard InChI is InChI=1S/C9H20S2/c1-9(2,3)7-5-4-6-8-11-10/h10H,4-8H2,1-3H3. The van der Waals surface area contributed by atoms with Gasteiger partial charge in [0.15, 0.2) is 0 Å². The van der Waals surface area contributed by atoms with Crippen LogP contribution in [0.5, 0.6) is 0 Å². The van der Waals surface area contributed by atoms with Gasteiger partial charge < -0.3 is 0 Å². The van der Waals surface area contributed by atoms with Gasteiger partial charge in [0.2, 0.25) is 0 Å². The van der Waals surface area contributed by atoms with Crippen molar-refractivity contribution in [2.75, 3.05) is 5.75 Å². The lowest BCUT2D eigenvalue weighted by molar-refractivity contribution is 0.360. The lowest BCUT2D eigenvalue weighted by atomic mass is 9.90. The molecule has 0 aliphatic rings. The highest BCUT2D eigenvalue weighted by atomic mass is 33.1. The van der Waals surface area contributed by atoms with E-state index in [1.54, 1.807) is 10.8 Å². The average Bonchev–Trinajstić information content (AvgIpc) is 1.85. The Kier molecular flexibility index (Phi) is 6.64. The Morgan fingerprint density at radius 3 is 2.18 bits per heavy atom. The molecule has 0 nitrogen and oxygen atoms in total. The van der Waals surface area contributed by atoms with Crippen LogP contribution in [-0.2, 0) is 0 Å². The number of unbranched alkanes of at least 4 members (excludes halogenated alkanes) is 2. The van der Waals surface area contributed by atoms with Gasteiger partial charge in [0.1, 0.15) is 0 Å². The van der Waals surface area contributed by atoms with E-state index in [9.17, 15) is 0 Å². The van der Waals surface area contributed by atoms with Gasteiger partial charge in [0.05, 0.1) is 0 Å². The Morgan fingerprint density at radius 2 is 1.73 bits per heavy atom. The smallest absolute Gasteiger partial charge is 0.00345 e. The molecule has 0 heterocycles. The molecule has 0 radical (unpaired) electrons. The molecule has 0 amide bonds. The second-order valence-electron chi connectivity index (χ2n) is 4.20. The van der Waals surface area contributed by atoms with E-state index in [1.165, 1.54) is 31.4 Å². The third-order valence-corrected chi connectivity index (χ3v) is 2.68. The fourth-order valence-electron chi connectivity index (χ4n) is 0.999. The van der Waals surface area contributed by atoms with Gasteiger partial charge in [-0.05, 0) is 18.3 Å². The van der Waals surface area contributed by atoms with Crippen molar-refractivity contribution in [3.05, 3.63) is 0 Å². The van der Waals surface area contributed by atoms with Crippen molar-refractivity contribution in [3.63, 3.8) is 0 Å². The molecule has 0 aliphatic carbocycles. The summed E-state index contributed by atoms with van der Waals surface area (Å²) < 4.78 is 0. The van der Waals surface area contributed by atoms with Gasteiger partial charge in [-0.1, -0.05) is 44.4 Å². The minimum atomic E-state index is 0.522. The van der Waals surface area contributed by atoms with Crippen LogP contribution in [0.2, 0.25) is 0 Å². The van der Waals surface area contributed by atoms with Crippen LogP contribution in [0.25, 0.3) is 0 Å². The molecule has 0 fully saturated rings. The largest absolute Gasteiger partial charge is 0.111 e. The Hall–Kier alpha value is 0.700. The normalized spacial score (nSPS) is 12.0. The number of hydrogen-bond donors (Lipinski definition) is 1. The second-order valence-corrected chi connectivity index (χ2v) is 5.65. The third kappa shape index (κ3) is 10.7. The minimum absolute atomic E-state index is 0.522. The Balaban J connectivity index is 3.02. The van der Waals surface area contributed by atoms with E-state index in [4.69, 9.17) is 0 Å². The first kappa shape index (κ1) is 11.7. The maximum atomic E-state index is 4.10. The van der Waals surface area contributed by atoms with Gasteiger partial charge in [-0.15, -0.1) is 11.7 Å². The molecule has 0 aliphatic heterocycles. The first-order valence-electron chi connectivity index (χ1n) is 4.32. The van der Waals surface area contributed by atoms with Gasteiger partial charge in [-0.25, -0.2) is 0 Å². The predicted octanol–water partition coefficient (Wildman–Crippen LogP) is 4.17. The zero-order chi connectivity index (χ0) is 8.74. The molecule has 2 heteroatoms. The van der Waals surface area contributed by atoms with Crippen molar-refractivity contribution in [2.45, 2.75) is 46.5 Å². The van der Waals surface area contributed by atoms with Crippen LogP contribution in [0.4, 0.5) is 0 Å². The van der Waals surface area contributed by atoms with Gasteiger partial charge >= 0.3 is 0 Å². The second kappa shape index (κ2) is 6.24. The first-order valence-corrected chi connectivity index (χ1v) is 6.36. The van der Waals surface area contributed by atoms with Crippen LogP contribution in [0.3, 0.4) is 0 Å². The van der Waals surface area contributed by atoms with Crippen molar-refractivity contribution in [1.82, 2.24) is 0 Å². The molecule has 11 heavy (non-hydrogen) atoms. The summed E-state index contributed by atoms with van der Waals surface area (Å²) in [5, 5.41) is 0. The number of thiol groups is 1. The fraction of sp³-hybridized carbons (Fsp3) is 1.00. The van der Waals surface area contributed by atoms with Gasteiger partial charge in [-0.3, -0.25) is 0 Å². The monoisotopic (exact) mass is 192 g/mol. The summed E-state index contributed by atoms with van der Waals surface area (Å²) in [6.45, 7) is 6.92. The molecular formula is C9H20S2. The summed E-state index contributed by atoms with van der Waals surface area (Å²) in [4.78, 5) is 0. The van der Waals surface area contributed by atoms with Crippen molar-refractivity contribution >= 4 is 22.5 Å². The van der Waals surface area contributed by atoms with E-state index in [2.05, 4.69) is 32.4 Å². The number of rotatable bonds is 5. The summed E-state index contributed by atoms with van der Waals surface area (Å²) in [7, 11) is 1.65. The van der Waals surface area contributed by atoms with Crippen LogP contribution in [0.1, 0.15) is 46.5 Å². The highest BCUT2D eigenvalue weighted by Crippen LogP contribution is 2.22. The highest BCUT2D eigenvalue weighted by Gasteiger charge is 2.08. The van der Waals surface area contributed by atoms with E-state index >= 15 is 0 Å². The Labute approximate surface area is 80.3 Å². The average molecular weight is 192 g/mol. The molecule has 0 unspecified atom stereocenters. The molecule has 0 rings (SSSR count). The van der Waals surface area contributed by atoms with Crippen molar-refractivity contribution in [2.24, 2.45) is 5.41 Å². The van der Waals surface area contributed by atoms with E-state index in [0.717, 1.165) is 0 Å².